The Hall–Kier alpha value is -3.48. The maximum absolute atomic E-state index is 12.3. The molecule has 3 rings (SSSR count). The Morgan fingerprint density at radius 1 is 1.12 bits per heavy atom. The predicted molar refractivity (Wildman–Crippen MR) is 85.5 cm³/mol. The van der Waals surface area contributed by atoms with Gasteiger partial charge in [0, 0.05) is 29.2 Å². The Morgan fingerprint density at radius 3 is 2.58 bits per heavy atom. The van der Waals surface area contributed by atoms with Crippen molar-refractivity contribution in [2.24, 2.45) is 0 Å². The number of benzene rings is 2. The molecule has 7 nitrogen and oxygen atoms in total. The Balaban J connectivity index is 1.81. The monoisotopic (exact) mass is 324 g/mol. The van der Waals surface area contributed by atoms with Crippen LogP contribution in [0.5, 0.6) is 0 Å². The smallest absolute Gasteiger partial charge is 0.380 e. The van der Waals surface area contributed by atoms with Crippen LogP contribution in [0.15, 0.2) is 54.7 Å². The van der Waals surface area contributed by atoms with Crippen LogP contribution in [0.3, 0.4) is 0 Å². The fraction of sp³-hybridized carbons (Fsp3) is 0.0588. The first-order chi connectivity index (χ1) is 11.6. The summed E-state index contributed by atoms with van der Waals surface area (Å²) in [5.41, 5.74) is 1.17. The van der Waals surface area contributed by atoms with Crippen molar-refractivity contribution in [3.63, 3.8) is 0 Å². The van der Waals surface area contributed by atoms with E-state index in [0.717, 1.165) is 5.56 Å². The maximum atomic E-state index is 12.3. The number of aromatic nitrogens is 1. The molecule has 1 N–H and O–H groups in total. The number of nitro groups is 1. The zero-order valence-corrected chi connectivity index (χ0v) is 12.4. The third-order valence-corrected chi connectivity index (χ3v) is 3.52. The van der Waals surface area contributed by atoms with Crippen molar-refractivity contribution < 1.29 is 19.2 Å². The fourth-order valence-electron chi connectivity index (χ4n) is 2.31. The van der Waals surface area contributed by atoms with Crippen molar-refractivity contribution in [3.8, 4) is 0 Å². The van der Waals surface area contributed by atoms with Crippen LogP contribution in [0, 0.1) is 10.1 Å². The lowest BCUT2D eigenvalue weighted by molar-refractivity contribution is -0.384. The first-order valence-electron chi connectivity index (χ1n) is 7.07. The standard InChI is InChI=1S/C17H12N2O5/c20-16(17(21)24-10-11-4-2-1-3-5-11)14-9-18-15-7-6-12(19(22)23)8-13(14)15/h1-9,18H,10H2. The molecule has 0 radical (unpaired) electrons. The average Bonchev–Trinajstić information content (AvgIpc) is 3.03. The maximum Gasteiger partial charge on any atom is 0.380 e. The minimum Gasteiger partial charge on any atom is -0.455 e. The van der Waals surface area contributed by atoms with Gasteiger partial charge in [-0.25, -0.2) is 4.79 Å². The van der Waals surface area contributed by atoms with Crippen LogP contribution in [0.1, 0.15) is 15.9 Å². The Bertz CT molecular complexity index is 931. The van der Waals surface area contributed by atoms with Gasteiger partial charge >= 0.3 is 5.97 Å². The summed E-state index contributed by atoms with van der Waals surface area (Å²) in [4.78, 5) is 37.3. The van der Waals surface area contributed by atoms with Crippen molar-refractivity contribution in [2.45, 2.75) is 6.61 Å². The summed E-state index contributed by atoms with van der Waals surface area (Å²) in [6, 6.07) is 13.0. The van der Waals surface area contributed by atoms with Gasteiger partial charge in [0.15, 0.2) is 0 Å². The molecule has 0 aliphatic carbocycles. The number of hydrogen-bond donors (Lipinski definition) is 1. The van der Waals surface area contributed by atoms with E-state index in [0.29, 0.717) is 10.9 Å². The molecule has 120 valence electrons. The van der Waals surface area contributed by atoms with E-state index >= 15 is 0 Å². The highest BCUT2D eigenvalue weighted by Crippen LogP contribution is 2.24. The molecule has 0 atom stereocenters. The zero-order valence-electron chi connectivity index (χ0n) is 12.4. The molecule has 0 spiro atoms. The second-order valence-corrected chi connectivity index (χ2v) is 5.08. The van der Waals surface area contributed by atoms with E-state index in [-0.39, 0.29) is 17.9 Å². The van der Waals surface area contributed by atoms with E-state index in [1.807, 2.05) is 6.07 Å². The average molecular weight is 324 g/mol. The number of aromatic amines is 1. The van der Waals surface area contributed by atoms with Gasteiger partial charge in [0.05, 0.1) is 10.5 Å². The van der Waals surface area contributed by atoms with Gasteiger partial charge in [-0.05, 0) is 11.6 Å². The summed E-state index contributed by atoms with van der Waals surface area (Å²) in [7, 11) is 0. The van der Waals surface area contributed by atoms with Gasteiger partial charge < -0.3 is 9.72 Å². The first-order valence-corrected chi connectivity index (χ1v) is 7.07. The lowest BCUT2D eigenvalue weighted by Gasteiger charge is -2.03. The SMILES string of the molecule is O=C(OCc1ccccc1)C(=O)c1c[nH]c2ccc([N+](=O)[O-])cc12. The van der Waals surface area contributed by atoms with Crippen LogP contribution >= 0.6 is 0 Å². The van der Waals surface area contributed by atoms with Crippen LogP contribution < -0.4 is 0 Å². The highest BCUT2D eigenvalue weighted by Gasteiger charge is 2.22. The predicted octanol–water partition coefficient (Wildman–Crippen LogP) is 3.00. The van der Waals surface area contributed by atoms with Crippen LogP contribution in [-0.2, 0) is 16.1 Å². The Kier molecular flexibility index (Phi) is 4.07. The number of H-pyrrole nitrogens is 1. The highest BCUT2D eigenvalue weighted by molar-refractivity contribution is 6.43. The van der Waals surface area contributed by atoms with E-state index in [1.54, 1.807) is 24.3 Å². The summed E-state index contributed by atoms with van der Waals surface area (Å²) in [5.74, 6) is -1.86. The summed E-state index contributed by atoms with van der Waals surface area (Å²) in [5, 5.41) is 11.2. The molecular formula is C17H12N2O5. The van der Waals surface area contributed by atoms with E-state index < -0.39 is 16.7 Å². The molecule has 7 heteroatoms. The third kappa shape index (κ3) is 3.00. The molecule has 0 fully saturated rings. The van der Waals surface area contributed by atoms with E-state index in [1.165, 1.54) is 24.4 Å². The number of rotatable bonds is 5. The molecule has 2 aromatic carbocycles. The van der Waals surface area contributed by atoms with Crippen molar-refractivity contribution in [1.82, 2.24) is 4.98 Å². The normalized spacial score (nSPS) is 10.5. The van der Waals surface area contributed by atoms with Crippen molar-refractivity contribution in [3.05, 3.63) is 76.0 Å². The topological polar surface area (TPSA) is 102 Å². The molecule has 0 amide bonds. The fourth-order valence-corrected chi connectivity index (χ4v) is 2.31. The van der Waals surface area contributed by atoms with Gasteiger partial charge in [0.1, 0.15) is 6.61 Å². The lowest BCUT2D eigenvalue weighted by Crippen LogP contribution is -2.17. The highest BCUT2D eigenvalue weighted by atomic mass is 16.6. The van der Waals surface area contributed by atoms with Crippen LogP contribution in [-0.4, -0.2) is 21.7 Å². The molecule has 0 saturated carbocycles. The van der Waals surface area contributed by atoms with Gasteiger partial charge in [-0.3, -0.25) is 14.9 Å². The second kappa shape index (κ2) is 6.33. The van der Waals surface area contributed by atoms with Crippen LogP contribution in [0.4, 0.5) is 5.69 Å². The Morgan fingerprint density at radius 2 is 1.88 bits per heavy atom. The summed E-state index contributed by atoms with van der Waals surface area (Å²) < 4.78 is 5.00. The Labute approximate surface area is 136 Å². The first kappa shape index (κ1) is 15.4. The van der Waals surface area contributed by atoms with Gasteiger partial charge in [0.25, 0.3) is 11.5 Å². The number of ketones is 1. The molecule has 3 aromatic rings. The van der Waals surface area contributed by atoms with Crippen LogP contribution in [0.2, 0.25) is 0 Å². The molecule has 0 saturated heterocycles. The molecule has 1 heterocycles. The van der Waals surface area contributed by atoms with E-state index in [4.69, 9.17) is 4.74 Å². The number of nitrogens with zero attached hydrogens (tertiary/aromatic N) is 1. The van der Waals surface area contributed by atoms with E-state index in [2.05, 4.69) is 4.98 Å². The number of ether oxygens (including phenoxy) is 1. The molecular weight excluding hydrogens is 312 g/mol. The third-order valence-electron chi connectivity index (χ3n) is 3.52. The molecule has 0 aliphatic rings. The second-order valence-electron chi connectivity index (χ2n) is 5.08. The minimum absolute atomic E-state index is 0.0199. The number of fused-ring (bicyclic) bond motifs is 1. The molecule has 0 bridgehead atoms. The summed E-state index contributed by atoms with van der Waals surface area (Å²) in [6.45, 7) is -0.0199. The quantitative estimate of drug-likeness (QED) is 0.255. The number of carbonyl (C=O) groups is 2. The van der Waals surface area contributed by atoms with E-state index in [9.17, 15) is 19.7 Å². The largest absolute Gasteiger partial charge is 0.455 e. The molecule has 0 unspecified atom stereocenters. The molecule has 0 aliphatic heterocycles. The van der Waals surface area contributed by atoms with Crippen molar-refractivity contribution in [2.75, 3.05) is 0 Å². The molecule has 24 heavy (non-hydrogen) atoms. The van der Waals surface area contributed by atoms with Crippen LogP contribution in [0.25, 0.3) is 10.9 Å². The number of Topliss-reactive ketones (excluding diaryl/α,β-unsaturated/α-hetero) is 1. The minimum atomic E-state index is -1.01. The van der Waals surface area contributed by atoms with Gasteiger partial charge in [-0.15, -0.1) is 0 Å². The van der Waals surface area contributed by atoms with Gasteiger partial charge in [0.2, 0.25) is 0 Å². The number of nitrogens with one attached hydrogen (secondary N) is 1. The van der Waals surface area contributed by atoms with Crippen molar-refractivity contribution >= 4 is 28.3 Å². The number of carbonyl (C=O) groups excluding carboxylic acids is 2. The summed E-state index contributed by atoms with van der Waals surface area (Å²) in [6.07, 6.45) is 1.35. The van der Waals surface area contributed by atoms with Crippen molar-refractivity contribution in [1.29, 1.82) is 0 Å². The molecule has 1 aromatic heterocycles. The number of hydrogen-bond acceptors (Lipinski definition) is 5. The van der Waals surface area contributed by atoms with Gasteiger partial charge in [-0.1, -0.05) is 30.3 Å². The zero-order chi connectivity index (χ0) is 17.1. The number of non-ortho nitro benzene ring substituents is 1. The summed E-state index contributed by atoms with van der Waals surface area (Å²) >= 11 is 0. The number of esters is 1. The van der Waals surface area contributed by atoms with Gasteiger partial charge in [-0.2, -0.15) is 0 Å². The number of nitro benzene ring substituents is 1. The lowest BCUT2D eigenvalue weighted by atomic mass is 10.1.